The van der Waals surface area contributed by atoms with E-state index < -0.39 is 41.0 Å². The van der Waals surface area contributed by atoms with E-state index in [0.717, 1.165) is 6.08 Å². The lowest BCUT2D eigenvalue weighted by atomic mass is 10.3. The molecule has 0 aromatic heterocycles. The third-order valence-electron chi connectivity index (χ3n) is 1.67. The minimum Gasteiger partial charge on any atom is -0.430 e. The van der Waals surface area contributed by atoms with Gasteiger partial charge in [-0.05, 0) is 0 Å². The summed E-state index contributed by atoms with van der Waals surface area (Å²) in [6, 6.07) is 0. The van der Waals surface area contributed by atoms with Gasteiger partial charge in [0.25, 0.3) is 0 Å². The molecule has 0 N–H and O–H groups in total. The van der Waals surface area contributed by atoms with Crippen molar-refractivity contribution in [3.8, 4) is 5.75 Å². The van der Waals surface area contributed by atoms with Gasteiger partial charge in [-0.25, -0.2) is 18.0 Å². The Labute approximate surface area is 97.4 Å². The molecule has 1 aromatic rings. The van der Waals surface area contributed by atoms with Crippen LogP contribution < -0.4 is 4.74 Å². The lowest BCUT2D eigenvalue weighted by Gasteiger charge is -2.08. The summed E-state index contributed by atoms with van der Waals surface area (Å²) in [6.45, 7) is 2.81. The van der Waals surface area contributed by atoms with E-state index in [1.165, 1.54) is 0 Å². The first-order chi connectivity index (χ1) is 8.40. The normalized spacial score (nSPS) is 10.1. The maximum Gasteiger partial charge on any atom is 0.514 e. The highest BCUT2D eigenvalue weighted by molar-refractivity contribution is 5.64. The average molecular weight is 268 g/mol. The molecular formula is C10H5F5O3. The van der Waals surface area contributed by atoms with Crippen molar-refractivity contribution < 1.29 is 36.2 Å². The molecule has 0 fully saturated rings. The molecule has 98 valence electrons. The van der Waals surface area contributed by atoms with Crippen molar-refractivity contribution in [2.45, 2.75) is 0 Å². The Morgan fingerprint density at radius 2 is 1.44 bits per heavy atom. The van der Waals surface area contributed by atoms with Crippen LogP contribution in [0.1, 0.15) is 0 Å². The van der Waals surface area contributed by atoms with Crippen molar-refractivity contribution in [2.24, 2.45) is 0 Å². The monoisotopic (exact) mass is 268 g/mol. The van der Waals surface area contributed by atoms with Gasteiger partial charge in [0.1, 0.15) is 6.61 Å². The van der Waals surface area contributed by atoms with Crippen LogP contribution in [0, 0.1) is 29.1 Å². The van der Waals surface area contributed by atoms with Crippen molar-refractivity contribution in [3.05, 3.63) is 41.7 Å². The maximum absolute atomic E-state index is 13.0. The molecule has 1 rings (SSSR count). The Bertz CT molecular complexity index is 472. The van der Waals surface area contributed by atoms with Crippen LogP contribution in [0.4, 0.5) is 26.7 Å². The van der Waals surface area contributed by atoms with Crippen molar-refractivity contribution in [1.82, 2.24) is 0 Å². The third-order valence-corrected chi connectivity index (χ3v) is 1.67. The summed E-state index contributed by atoms with van der Waals surface area (Å²) in [5.41, 5.74) is 0. The molecule has 18 heavy (non-hydrogen) atoms. The van der Waals surface area contributed by atoms with Crippen LogP contribution in [0.15, 0.2) is 12.7 Å². The van der Waals surface area contributed by atoms with Crippen LogP contribution in [-0.2, 0) is 4.74 Å². The topological polar surface area (TPSA) is 35.5 Å². The highest BCUT2D eigenvalue weighted by Crippen LogP contribution is 2.29. The second-order valence-corrected chi connectivity index (χ2v) is 2.85. The smallest absolute Gasteiger partial charge is 0.430 e. The number of ether oxygens (including phenoxy) is 2. The van der Waals surface area contributed by atoms with Crippen molar-refractivity contribution >= 4 is 6.16 Å². The van der Waals surface area contributed by atoms with Gasteiger partial charge in [0.15, 0.2) is 0 Å². The van der Waals surface area contributed by atoms with E-state index >= 15 is 0 Å². The Hall–Kier alpha value is -2.12. The second-order valence-electron chi connectivity index (χ2n) is 2.85. The first-order valence-corrected chi connectivity index (χ1v) is 4.37. The zero-order chi connectivity index (χ0) is 13.9. The predicted octanol–water partition coefficient (Wildman–Crippen LogP) is 3.08. The number of halogens is 5. The SMILES string of the molecule is C=CCOC(=O)Oc1c(F)c(F)c(F)c(F)c1F. The first-order valence-electron chi connectivity index (χ1n) is 4.37. The van der Waals surface area contributed by atoms with E-state index in [1.807, 2.05) is 0 Å². The average Bonchev–Trinajstić information content (AvgIpc) is 2.36. The fraction of sp³-hybridized carbons (Fsp3) is 0.100. The van der Waals surface area contributed by atoms with Crippen molar-refractivity contribution in [1.29, 1.82) is 0 Å². The summed E-state index contributed by atoms with van der Waals surface area (Å²) >= 11 is 0. The van der Waals surface area contributed by atoms with E-state index in [2.05, 4.69) is 16.1 Å². The lowest BCUT2D eigenvalue weighted by Crippen LogP contribution is -2.14. The van der Waals surface area contributed by atoms with Crippen LogP contribution in [0.2, 0.25) is 0 Å². The number of carbonyl (C=O) groups excluding carboxylic acids is 1. The summed E-state index contributed by atoms with van der Waals surface area (Å²) in [7, 11) is 0. The summed E-state index contributed by atoms with van der Waals surface area (Å²) in [4.78, 5) is 10.8. The summed E-state index contributed by atoms with van der Waals surface area (Å²) < 4.78 is 72.1. The lowest BCUT2D eigenvalue weighted by molar-refractivity contribution is 0.105. The quantitative estimate of drug-likeness (QED) is 0.211. The Morgan fingerprint density at radius 1 is 1.00 bits per heavy atom. The Kier molecular flexibility index (Phi) is 4.24. The summed E-state index contributed by atoms with van der Waals surface area (Å²) in [6.07, 6.45) is -0.516. The fourth-order valence-corrected chi connectivity index (χ4v) is 0.914. The second kappa shape index (κ2) is 5.48. The fourth-order valence-electron chi connectivity index (χ4n) is 0.914. The molecule has 0 unspecified atom stereocenters. The van der Waals surface area contributed by atoms with Crippen LogP contribution in [-0.4, -0.2) is 12.8 Å². The van der Waals surface area contributed by atoms with E-state index in [-0.39, 0.29) is 6.61 Å². The van der Waals surface area contributed by atoms with Crippen LogP contribution >= 0.6 is 0 Å². The summed E-state index contributed by atoms with van der Waals surface area (Å²) in [5.74, 6) is -13.0. The van der Waals surface area contributed by atoms with Crippen LogP contribution in [0.3, 0.4) is 0 Å². The van der Waals surface area contributed by atoms with Crippen LogP contribution in [0.25, 0.3) is 0 Å². The first kappa shape index (κ1) is 13.9. The van der Waals surface area contributed by atoms with Gasteiger partial charge in [0.2, 0.25) is 34.8 Å². The number of hydrogen-bond acceptors (Lipinski definition) is 3. The maximum atomic E-state index is 13.0. The largest absolute Gasteiger partial charge is 0.514 e. The van der Waals surface area contributed by atoms with Gasteiger partial charge in [-0.1, -0.05) is 12.7 Å². The molecule has 0 bridgehead atoms. The van der Waals surface area contributed by atoms with Gasteiger partial charge < -0.3 is 9.47 Å². The number of benzene rings is 1. The summed E-state index contributed by atoms with van der Waals surface area (Å²) in [5, 5.41) is 0. The molecule has 0 saturated heterocycles. The van der Waals surface area contributed by atoms with Crippen molar-refractivity contribution in [3.63, 3.8) is 0 Å². The van der Waals surface area contributed by atoms with Gasteiger partial charge in [-0.15, -0.1) is 0 Å². The van der Waals surface area contributed by atoms with E-state index in [4.69, 9.17) is 0 Å². The molecule has 0 spiro atoms. The molecule has 0 amide bonds. The standard InChI is InChI=1S/C10H5F5O3/c1-2-3-17-10(16)18-9-7(14)5(12)4(11)6(13)8(9)15/h2H,1,3H2. The molecule has 0 aliphatic rings. The minimum absolute atomic E-state index is 0.353. The van der Waals surface area contributed by atoms with E-state index in [0.29, 0.717) is 0 Å². The molecule has 0 heterocycles. The molecule has 0 aliphatic carbocycles. The number of hydrogen-bond donors (Lipinski definition) is 0. The predicted molar refractivity (Wildman–Crippen MR) is 48.4 cm³/mol. The number of carbonyl (C=O) groups is 1. The zero-order valence-corrected chi connectivity index (χ0v) is 8.61. The molecule has 3 nitrogen and oxygen atoms in total. The molecule has 0 radical (unpaired) electrons. The molecule has 0 aliphatic heterocycles. The zero-order valence-electron chi connectivity index (χ0n) is 8.61. The molecule has 1 aromatic carbocycles. The highest BCUT2D eigenvalue weighted by atomic mass is 19.2. The molecular weight excluding hydrogens is 263 g/mol. The molecule has 0 saturated carbocycles. The van der Waals surface area contributed by atoms with E-state index in [1.54, 1.807) is 0 Å². The molecule has 8 heteroatoms. The van der Waals surface area contributed by atoms with Gasteiger partial charge in [0, 0.05) is 0 Å². The van der Waals surface area contributed by atoms with Crippen LogP contribution in [0.5, 0.6) is 5.75 Å². The van der Waals surface area contributed by atoms with Crippen molar-refractivity contribution in [2.75, 3.05) is 6.61 Å². The van der Waals surface area contributed by atoms with Gasteiger partial charge in [-0.2, -0.15) is 8.78 Å². The van der Waals surface area contributed by atoms with Gasteiger partial charge in [0.05, 0.1) is 0 Å². The number of rotatable bonds is 3. The highest BCUT2D eigenvalue weighted by Gasteiger charge is 2.28. The van der Waals surface area contributed by atoms with E-state index in [9.17, 15) is 26.7 Å². The van der Waals surface area contributed by atoms with Gasteiger partial charge >= 0.3 is 6.16 Å². The minimum atomic E-state index is -2.35. The Balaban J connectivity index is 3.10. The third kappa shape index (κ3) is 2.58. The Morgan fingerprint density at radius 3 is 1.89 bits per heavy atom. The molecule has 0 atom stereocenters. The van der Waals surface area contributed by atoms with Gasteiger partial charge in [-0.3, -0.25) is 0 Å².